The van der Waals surface area contributed by atoms with E-state index in [0.29, 0.717) is 11.3 Å². The summed E-state index contributed by atoms with van der Waals surface area (Å²) in [6.07, 6.45) is 2.13. The molecule has 0 aromatic heterocycles. The Balaban J connectivity index is 1.58. The summed E-state index contributed by atoms with van der Waals surface area (Å²) in [6, 6.07) is 13.9. The smallest absolute Gasteiger partial charge is 0.255 e. The zero-order chi connectivity index (χ0) is 19.3. The Morgan fingerprint density at radius 1 is 1.11 bits per heavy atom. The van der Waals surface area contributed by atoms with Crippen LogP contribution in [0.1, 0.15) is 15.9 Å². The van der Waals surface area contributed by atoms with Gasteiger partial charge in [0.15, 0.2) is 9.84 Å². The van der Waals surface area contributed by atoms with Crippen molar-refractivity contribution in [3.8, 4) is 0 Å². The third-order valence-electron chi connectivity index (χ3n) is 4.56. The van der Waals surface area contributed by atoms with Crippen LogP contribution in [0.25, 0.3) is 0 Å². The van der Waals surface area contributed by atoms with Crippen LogP contribution < -0.4 is 5.32 Å². The number of hydrogen-bond acceptors (Lipinski definition) is 5. The molecule has 1 aliphatic heterocycles. The second-order valence-electron chi connectivity index (χ2n) is 6.66. The number of nitrogens with zero attached hydrogens (tertiary/aromatic N) is 1. The molecule has 5 nitrogen and oxygen atoms in total. The van der Waals surface area contributed by atoms with Gasteiger partial charge in [-0.3, -0.25) is 4.79 Å². The molecule has 144 valence electrons. The van der Waals surface area contributed by atoms with E-state index in [9.17, 15) is 13.2 Å². The monoisotopic (exact) mass is 404 g/mol. The van der Waals surface area contributed by atoms with E-state index in [1.807, 2.05) is 36.0 Å². The van der Waals surface area contributed by atoms with Gasteiger partial charge in [-0.2, -0.15) is 11.8 Å². The molecule has 0 saturated carbocycles. The van der Waals surface area contributed by atoms with Gasteiger partial charge in [0.05, 0.1) is 4.90 Å². The first-order valence-electron chi connectivity index (χ1n) is 8.92. The molecular weight excluding hydrogens is 380 g/mol. The molecule has 0 bridgehead atoms. The fourth-order valence-corrected chi connectivity index (χ4v) is 4.58. The maximum absolute atomic E-state index is 12.4. The van der Waals surface area contributed by atoms with Gasteiger partial charge in [-0.25, -0.2) is 8.42 Å². The second-order valence-corrected chi connectivity index (χ2v) is 9.90. The maximum Gasteiger partial charge on any atom is 0.255 e. The number of anilines is 1. The minimum Gasteiger partial charge on any atom is -0.322 e. The van der Waals surface area contributed by atoms with Crippen LogP contribution in [0.5, 0.6) is 0 Å². The van der Waals surface area contributed by atoms with E-state index >= 15 is 0 Å². The molecule has 0 atom stereocenters. The summed E-state index contributed by atoms with van der Waals surface area (Å²) in [4.78, 5) is 15.0. The van der Waals surface area contributed by atoms with Crippen LogP contribution in [-0.2, 0) is 16.3 Å². The SMILES string of the molecule is CS(=O)(=O)c1cccc(C(=O)Nc2ccc(CCN3CCSCC3)cc2)c1. The molecule has 1 fully saturated rings. The molecule has 0 spiro atoms. The molecule has 27 heavy (non-hydrogen) atoms. The van der Waals surface area contributed by atoms with Crippen LogP contribution >= 0.6 is 11.8 Å². The van der Waals surface area contributed by atoms with Crippen molar-refractivity contribution in [2.75, 3.05) is 42.7 Å². The topological polar surface area (TPSA) is 66.5 Å². The lowest BCUT2D eigenvalue weighted by atomic mass is 10.1. The molecule has 1 amide bonds. The fraction of sp³-hybridized carbons (Fsp3) is 0.350. The lowest BCUT2D eigenvalue weighted by Crippen LogP contribution is -2.34. The van der Waals surface area contributed by atoms with Gasteiger partial charge in [0, 0.05) is 48.6 Å². The third kappa shape index (κ3) is 5.82. The summed E-state index contributed by atoms with van der Waals surface area (Å²) in [5.74, 6) is 2.11. The van der Waals surface area contributed by atoms with Gasteiger partial charge < -0.3 is 10.2 Å². The van der Waals surface area contributed by atoms with Crippen molar-refractivity contribution in [2.45, 2.75) is 11.3 Å². The Kier molecular flexibility index (Phi) is 6.57. The largest absolute Gasteiger partial charge is 0.322 e. The van der Waals surface area contributed by atoms with Crippen molar-refractivity contribution in [3.05, 3.63) is 59.7 Å². The summed E-state index contributed by atoms with van der Waals surface area (Å²) in [7, 11) is -3.34. The van der Waals surface area contributed by atoms with E-state index < -0.39 is 9.84 Å². The normalized spacial score (nSPS) is 15.4. The first-order valence-corrected chi connectivity index (χ1v) is 12.0. The van der Waals surface area contributed by atoms with E-state index in [1.165, 1.54) is 29.2 Å². The van der Waals surface area contributed by atoms with E-state index in [2.05, 4.69) is 10.2 Å². The van der Waals surface area contributed by atoms with Crippen molar-refractivity contribution < 1.29 is 13.2 Å². The molecule has 3 rings (SSSR count). The number of sulfone groups is 1. The average Bonchev–Trinajstić information content (AvgIpc) is 2.68. The van der Waals surface area contributed by atoms with Crippen molar-refractivity contribution in [2.24, 2.45) is 0 Å². The van der Waals surface area contributed by atoms with Gasteiger partial charge in [-0.05, 0) is 42.3 Å². The van der Waals surface area contributed by atoms with Crippen molar-refractivity contribution in [1.29, 1.82) is 0 Å². The first-order chi connectivity index (χ1) is 12.9. The minimum atomic E-state index is -3.34. The lowest BCUT2D eigenvalue weighted by molar-refractivity contribution is 0.102. The van der Waals surface area contributed by atoms with Gasteiger partial charge >= 0.3 is 0 Å². The molecule has 1 saturated heterocycles. The van der Waals surface area contributed by atoms with Gasteiger partial charge in [-0.15, -0.1) is 0 Å². The number of carbonyl (C=O) groups excluding carboxylic acids is 1. The Hall–Kier alpha value is -1.83. The fourth-order valence-electron chi connectivity index (χ4n) is 2.94. The van der Waals surface area contributed by atoms with Crippen LogP contribution in [0.2, 0.25) is 0 Å². The Bertz CT molecular complexity index is 890. The molecule has 0 radical (unpaired) electrons. The predicted octanol–water partition coefficient (Wildman–Crippen LogP) is 2.93. The van der Waals surface area contributed by atoms with Crippen molar-refractivity contribution in [1.82, 2.24) is 4.90 Å². The highest BCUT2D eigenvalue weighted by molar-refractivity contribution is 7.99. The number of hydrogen-bond donors (Lipinski definition) is 1. The summed E-state index contributed by atoms with van der Waals surface area (Å²) in [6.45, 7) is 3.38. The molecule has 7 heteroatoms. The predicted molar refractivity (Wildman–Crippen MR) is 111 cm³/mol. The Morgan fingerprint density at radius 3 is 2.48 bits per heavy atom. The van der Waals surface area contributed by atoms with E-state index in [4.69, 9.17) is 0 Å². The molecule has 0 unspecified atom stereocenters. The molecule has 0 aliphatic carbocycles. The molecular formula is C20H24N2O3S2. The summed E-state index contributed by atoms with van der Waals surface area (Å²) >= 11 is 2.01. The molecule has 1 heterocycles. The van der Waals surface area contributed by atoms with E-state index in [1.54, 1.807) is 12.1 Å². The number of amides is 1. The van der Waals surface area contributed by atoms with Gasteiger partial charge in [0.2, 0.25) is 0 Å². The molecule has 1 aliphatic rings. The first kappa shape index (κ1) is 19.9. The van der Waals surface area contributed by atoms with Crippen LogP contribution in [0.4, 0.5) is 5.69 Å². The summed E-state index contributed by atoms with van der Waals surface area (Å²) < 4.78 is 23.3. The zero-order valence-corrected chi connectivity index (χ0v) is 17.0. The highest BCUT2D eigenvalue weighted by Crippen LogP contribution is 2.16. The number of nitrogens with one attached hydrogen (secondary N) is 1. The van der Waals surface area contributed by atoms with E-state index in [0.717, 1.165) is 32.3 Å². The highest BCUT2D eigenvalue weighted by Gasteiger charge is 2.12. The quantitative estimate of drug-likeness (QED) is 0.802. The molecule has 2 aromatic rings. The van der Waals surface area contributed by atoms with Crippen LogP contribution in [0.15, 0.2) is 53.4 Å². The van der Waals surface area contributed by atoms with Crippen LogP contribution in [0, 0.1) is 0 Å². The third-order valence-corrected chi connectivity index (χ3v) is 6.61. The zero-order valence-electron chi connectivity index (χ0n) is 15.3. The summed E-state index contributed by atoms with van der Waals surface area (Å²) in [5, 5.41) is 2.82. The number of benzene rings is 2. The number of rotatable bonds is 6. The van der Waals surface area contributed by atoms with Crippen LogP contribution in [0.3, 0.4) is 0 Å². The van der Waals surface area contributed by atoms with Gasteiger partial charge in [-0.1, -0.05) is 18.2 Å². The van der Waals surface area contributed by atoms with Crippen LogP contribution in [-0.4, -0.2) is 56.6 Å². The van der Waals surface area contributed by atoms with Gasteiger partial charge in [0.25, 0.3) is 5.91 Å². The number of thioether (sulfide) groups is 1. The van der Waals surface area contributed by atoms with Crippen molar-refractivity contribution in [3.63, 3.8) is 0 Å². The second kappa shape index (κ2) is 8.91. The molecule has 1 N–H and O–H groups in total. The van der Waals surface area contributed by atoms with E-state index in [-0.39, 0.29) is 10.8 Å². The van der Waals surface area contributed by atoms with Gasteiger partial charge in [0.1, 0.15) is 0 Å². The van der Waals surface area contributed by atoms with Crippen molar-refractivity contribution >= 4 is 33.2 Å². The highest BCUT2D eigenvalue weighted by atomic mass is 32.2. The Labute approximate surface area is 165 Å². The average molecular weight is 405 g/mol. The number of carbonyl (C=O) groups is 1. The molecule has 2 aromatic carbocycles. The summed E-state index contributed by atoms with van der Waals surface area (Å²) in [5.41, 5.74) is 2.26. The lowest BCUT2D eigenvalue weighted by Gasteiger charge is -2.26. The minimum absolute atomic E-state index is 0.140. The standard InChI is InChI=1S/C20H24N2O3S2/c1-27(24,25)19-4-2-3-17(15-19)20(23)21-18-7-5-16(6-8-18)9-10-22-11-13-26-14-12-22/h2-8,15H,9-14H2,1H3,(H,21,23). The maximum atomic E-state index is 12.4. The Morgan fingerprint density at radius 2 is 1.81 bits per heavy atom.